The highest BCUT2D eigenvalue weighted by atomic mass is 16.1. The number of fused-ring (bicyclic) bond motifs is 4. The maximum absolute atomic E-state index is 12.3. The number of carbonyl (C=O) groups is 1. The van der Waals surface area contributed by atoms with Crippen LogP contribution in [0.5, 0.6) is 0 Å². The van der Waals surface area contributed by atoms with Gasteiger partial charge in [-0.05, 0) is 60.4 Å². The number of pyridine rings is 1. The van der Waals surface area contributed by atoms with Gasteiger partial charge in [0.05, 0.1) is 22.1 Å². The van der Waals surface area contributed by atoms with Crippen molar-refractivity contribution in [3.8, 4) is 16.8 Å². The fourth-order valence-electron chi connectivity index (χ4n) is 5.45. The number of hydrogen-bond acceptors (Lipinski definition) is 3. The van der Waals surface area contributed by atoms with Gasteiger partial charge in [0.25, 0.3) is 5.91 Å². The minimum atomic E-state index is -0.430. The van der Waals surface area contributed by atoms with E-state index in [4.69, 9.17) is 10.7 Å². The van der Waals surface area contributed by atoms with Crippen molar-refractivity contribution in [3.63, 3.8) is 0 Å². The van der Waals surface area contributed by atoms with Gasteiger partial charge < -0.3 is 15.6 Å². The first-order chi connectivity index (χ1) is 19.0. The summed E-state index contributed by atoms with van der Waals surface area (Å²) in [7, 11) is 0. The lowest BCUT2D eigenvalue weighted by Crippen LogP contribution is -2.16. The summed E-state index contributed by atoms with van der Waals surface area (Å²) in [6.45, 7) is 5.23. The third kappa shape index (κ3) is 4.50. The largest absolute Gasteiger partial charge is 0.384 e. The number of rotatable bonds is 8. The Balaban J connectivity index is 1.54. The Morgan fingerprint density at radius 1 is 0.949 bits per heavy atom. The molecule has 6 aromatic rings. The molecule has 4 aromatic carbocycles. The van der Waals surface area contributed by atoms with E-state index in [1.54, 1.807) is 0 Å². The zero-order valence-corrected chi connectivity index (χ0v) is 22.3. The zero-order valence-electron chi connectivity index (χ0n) is 22.3. The van der Waals surface area contributed by atoms with Crippen LogP contribution < -0.4 is 11.1 Å². The quantitative estimate of drug-likeness (QED) is 0.217. The number of nitrogens with zero attached hydrogens (tertiary/aromatic N) is 2. The molecule has 6 rings (SSSR count). The molecule has 5 nitrogen and oxygen atoms in total. The molecule has 0 saturated carbocycles. The number of carbonyl (C=O) groups excluding carboxylic acids is 1. The highest BCUT2D eigenvalue weighted by Crippen LogP contribution is 2.39. The van der Waals surface area contributed by atoms with Crippen molar-refractivity contribution >= 4 is 44.3 Å². The van der Waals surface area contributed by atoms with Crippen molar-refractivity contribution < 1.29 is 4.79 Å². The van der Waals surface area contributed by atoms with E-state index < -0.39 is 5.91 Å². The molecule has 1 amide bonds. The topological polar surface area (TPSA) is 72.9 Å². The lowest BCUT2D eigenvalue weighted by molar-refractivity contribution is 0.100. The Labute approximate surface area is 228 Å². The van der Waals surface area contributed by atoms with E-state index in [9.17, 15) is 4.79 Å². The molecule has 1 atom stereocenters. The van der Waals surface area contributed by atoms with Gasteiger partial charge >= 0.3 is 0 Å². The van der Waals surface area contributed by atoms with Crippen LogP contribution in [0.4, 0.5) is 5.69 Å². The molecule has 194 valence electrons. The summed E-state index contributed by atoms with van der Waals surface area (Å²) in [6.07, 6.45) is 4.11. The van der Waals surface area contributed by atoms with Gasteiger partial charge in [0.15, 0.2) is 0 Å². The SMILES string of the molecule is CCC(C)CCNc1cc(-n2c3ccccc3c3c(-c4cnc5ccccc5c4)cccc32)ccc1C(N)=O. The average Bonchev–Trinajstić information content (AvgIpc) is 3.31. The zero-order chi connectivity index (χ0) is 26.9. The summed E-state index contributed by atoms with van der Waals surface area (Å²) in [6, 6.07) is 31.2. The van der Waals surface area contributed by atoms with E-state index >= 15 is 0 Å². The van der Waals surface area contributed by atoms with Crippen LogP contribution in [0.2, 0.25) is 0 Å². The first-order valence-corrected chi connectivity index (χ1v) is 13.6. The van der Waals surface area contributed by atoms with Crippen molar-refractivity contribution in [2.45, 2.75) is 26.7 Å². The minimum Gasteiger partial charge on any atom is -0.384 e. The molecule has 3 N–H and O–H groups in total. The number of nitrogens with two attached hydrogens (primary N) is 1. The molecular weight excluding hydrogens is 480 g/mol. The van der Waals surface area contributed by atoms with E-state index in [0.717, 1.165) is 63.8 Å². The smallest absolute Gasteiger partial charge is 0.250 e. The van der Waals surface area contributed by atoms with Crippen LogP contribution in [0.25, 0.3) is 49.5 Å². The van der Waals surface area contributed by atoms with Crippen LogP contribution in [0.3, 0.4) is 0 Å². The first-order valence-electron chi connectivity index (χ1n) is 13.6. The van der Waals surface area contributed by atoms with Crippen molar-refractivity contribution in [3.05, 3.63) is 103 Å². The third-order valence-electron chi connectivity index (χ3n) is 7.78. The molecule has 5 heteroatoms. The van der Waals surface area contributed by atoms with Crippen molar-refractivity contribution in [2.75, 3.05) is 11.9 Å². The number of hydrogen-bond donors (Lipinski definition) is 2. The van der Waals surface area contributed by atoms with E-state index in [1.807, 2.05) is 42.6 Å². The van der Waals surface area contributed by atoms with Gasteiger partial charge in [0, 0.05) is 45.8 Å². The molecule has 0 saturated heterocycles. The van der Waals surface area contributed by atoms with Crippen LogP contribution in [-0.4, -0.2) is 22.0 Å². The van der Waals surface area contributed by atoms with E-state index in [-0.39, 0.29) is 0 Å². The number of benzene rings is 4. The Hall–Kier alpha value is -4.64. The van der Waals surface area contributed by atoms with Gasteiger partial charge in [0.2, 0.25) is 0 Å². The molecule has 0 fully saturated rings. The highest BCUT2D eigenvalue weighted by molar-refractivity contribution is 6.16. The van der Waals surface area contributed by atoms with E-state index in [1.165, 1.54) is 10.8 Å². The summed E-state index contributed by atoms with van der Waals surface area (Å²) >= 11 is 0. The van der Waals surface area contributed by atoms with Crippen LogP contribution >= 0.6 is 0 Å². The lowest BCUT2D eigenvalue weighted by atomic mass is 9.99. The maximum Gasteiger partial charge on any atom is 0.250 e. The summed E-state index contributed by atoms with van der Waals surface area (Å²) < 4.78 is 2.27. The summed E-state index contributed by atoms with van der Waals surface area (Å²) in [5, 5.41) is 6.95. The Morgan fingerprint density at radius 3 is 2.59 bits per heavy atom. The fourth-order valence-corrected chi connectivity index (χ4v) is 5.45. The molecule has 0 spiro atoms. The van der Waals surface area contributed by atoms with Gasteiger partial charge in [-0.25, -0.2) is 0 Å². The van der Waals surface area contributed by atoms with E-state index in [2.05, 4.69) is 78.3 Å². The van der Waals surface area contributed by atoms with Crippen molar-refractivity contribution in [1.82, 2.24) is 9.55 Å². The number of para-hydroxylation sites is 2. The monoisotopic (exact) mass is 512 g/mol. The lowest BCUT2D eigenvalue weighted by Gasteiger charge is -2.16. The Kier molecular flexibility index (Phi) is 6.49. The average molecular weight is 513 g/mol. The van der Waals surface area contributed by atoms with Crippen LogP contribution in [0.1, 0.15) is 37.0 Å². The van der Waals surface area contributed by atoms with Gasteiger partial charge in [0.1, 0.15) is 0 Å². The number of anilines is 1. The van der Waals surface area contributed by atoms with Gasteiger partial charge in [-0.15, -0.1) is 0 Å². The van der Waals surface area contributed by atoms with Gasteiger partial charge in [-0.2, -0.15) is 0 Å². The number of nitrogens with one attached hydrogen (secondary N) is 1. The molecule has 2 aromatic heterocycles. The van der Waals surface area contributed by atoms with E-state index in [0.29, 0.717) is 11.5 Å². The molecule has 0 aliphatic carbocycles. The predicted molar refractivity (Wildman–Crippen MR) is 163 cm³/mol. The second-order valence-corrected chi connectivity index (χ2v) is 10.3. The number of primary amides is 1. The summed E-state index contributed by atoms with van der Waals surface area (Å²) in [5.74, 6) is 0.180. The Bertz CT molecular complexity index is 1830. The molecule has 0 aliphatic rings. The van der Waals surface area contributed by atoms with Crippen LogP contribution in [0, 0.1) is 5.92 Å². The first kappa shape index (κ1) is 24.7. The highest BCUT2D eigenvalue weighted by Gasteiger charge is 2.18. The minimum absolute atomic E-state index is 0.430. The fraction of sp³-hybridized carbons (Fsp3) is 0.176. The maximum atomic E-state index is 12.3. The number of amides is 1. The summed E-state index contributed by atoms with van der Waals surface area (Å²) in [4.78, 5) is 17.0. The standard InChI is InChI=1S/C34H32N4O/c1-3-22(2)17-18-36-30-20-25(15-16-27(30)34(35)39)38-31-13-7-5-10-28(31)33-26(11-8-14-32(33)38)24-19-23-9-4-6-12-29(23)37-21-24/h4-16,19-22,36H,3,17-18H2,1-2H3,(H2,35,39). The van der Waals surface area contributed by atoms with Gasteiger partial charge in [-0.3, -0.25) is 9.78 Å². The molecule has 0 bridgehead atoms. The van der Waals surface area contributed by atoms with Crippen molar-refractivity contribution in [2.24, 2.45) is 11.7 Å². The normalized spacial score (nSPS) is 12.3. The second kappa shape index (κ2) is 10.3. The van der Waals surface area contributed by atoms with Crippen molar-refractivity contribution in [1.29, 1.82) is 0 Å². The number of aromatic nitrogens is 2. The molecule has 1 unspecified atom stereocenters. The van der Waals surface area contributed by atoms with Crippen LogP contribution in [-0.2, 0) is 0 Å². The third-order valence-corrected chi connectivity index (χ3v) is 7.78. The molecule has 0 aliphatic heterocycles. The molecule has 0 radical (unpaired) electrons. The van der Waals surface area contributed by atoms with Gasteiger partial charge in [-0.1, -0.05) is 68.8 Å². The predicted octanol–water partition coefficient (Wildman–Crippen LogP) is 7.95. The second-order valence-electron chi connectivity index (χ2n) is 10.3. The molecule has 2 heterocycles. The molecular formula is C34H32N4O. The summed E-state index contributed by atoms with van der Waals surface area (Å²) in [5.41, 5.74) is 13.4. The van der Waals surface area contributed by atoms with Crippen LogP contribution in [0.15, 0.2) is 97.2 Å². The Morgan fingerprint density at radius 2 is 1.74 bits per heavy atom. The molecule has 39 heavy (non-hydrogen) atoms.